The van der Waals surface area contributed by atoms with Crippen LogP contribution in [0.3, 0.4) is 0 Å². The fourth-order valence-electron chi connectivity index (χ4n) is 2.81. The number of likely N-dealkylation sites (tertiary alicyclic amines) is 1. The number of nitrogens with zero attached hydrogens (tertiary/aromatic N) is 3. The van der Waals surface area contributed by atoms with E-state index in [0.717, 1.165) is 24.6 Å². The van der Waals surface area contributed by atoms with Crippen LogP contribution < -0.4 is 5.32 Å². The first-order chi connectivity index (χ1) is 9.16. The maximum Gasteiger partial charge on any atom is 0.125 e. The molecular formula is C15H26N4. The van der Waals surface area contributed by atoms with E-state index in [1.165, 1.54) is 25.9 Å². The van der Waals surface area contributed by atoms with E-state index in [2.05, 4.69) is 34.0 Å². The topological polar surface area (TPSA) is 41.1 Å². The Kier molecular flexibility index (Phi) is 5.28. The van der Waals surface area contributed by atoms with Crippen LogP contribution >= 0.6 is 0 Å². The summed E-state index contributed by atoms with van der Waals surface area (Å²) in [4.78, 5) is 11.2. The van der Waals surface area contributed by atoms with Crippen LogP contribution in [-0.4, -0.2) is 40.5 Å². The summed E-state index contributed by atoms with van der Waals surface area (Å²) in [6, 6.07) is 2.63. The number of hydrogen-bond donors (Lipinski definition) is 1. The van der Waals surface area contributed by atoms with Crippen LogP contribution in [-0.2, 0) is 6.54 Å². The zero-order valence-corrected chi connectivity index (χ0v) is 12.4. The fraction of sp³-hybridized carbons (Fsp3) is 0.733. The first-order valence-electron chi connectivity index (χ1n) is 7.40. The molecule has 1 aromatic heterocycles. The average molecular weight is 262 g/mol. The third kappa shape index (κ3) is 4.25. The molecule has 1 fully saturated rings. The van der Waals surface area contributed by atoms with Gasteiger partial charge in [0.05, 0.1) is 5.69 Å². The summed E-state index contributed by atoms with van der Waals surface area (Å²) in [6.45, 7) is 11.0. The van der Waals surface area contributed by atoms with Crippen LogP contribution in [0.15, 0.2) is 12.3 Å². The minimum Gasteiger partial charge on any atom is -0.310 e. The van der Waals surface area contributed by atoms with E-state index in [4.69, 9.17) is 0 Å². The summed E-state index contributed by atoms with van der Waals surface area (Å²) >= 11 is 0. The molecule has 0 amide bonds. The molecule has 1 aliphatic heterocycles. The molecule has 1 aliphatic rings. The van der Waals surface area contributed by atoms with E-state index in [9.17, 15) is 0 Å². The van der Waals surface area contributed by atoms with Gasteiger partial charge in [-0.3, -0.25) is 4.90 Å². The second-order valence-electron chi connectivity index (χ2n) is 5.78. The lowest BCUT2D eigenvalue weighted by Gasteiger charge is -2.31. The highest BCUT2D eigenvalue weighted by Crippen LogP contribution is 2.17. The molecule has 0 saturated carbocycles. The highest BCUT2D eigenvalue weighted by atomic mass is 15.2. The van der Waals surface area contributed by atoms with Crippen molar-refractivity contribution in [1.82, 2.24) is 20.2 Å². The lowest BCUT2D eigenvalue weighted by molar-refractivity contribution is 0.186. The predicted molar refractivity (Wildman–Crippen MR) is 77.9 cm³/mol. The minimum absolute atomic E-state index is 0.644. The summed E-state index contributed by atoms with van der Waals surface area (Å²) < 4.78 is 0. The Morgan fingerprint density at radius 1 is 1.32 bits per heavy atom. The van der Waals surface area contributed by atoms with Gasteiger partial charge in [0.15, 0.2) is 0 Å². The highest BCUT2D eigenvalue weighted by Gasteiger charge is 2.23. The quantitative estimate of drug-likeness (QED) is 0.851. The van der Waals surface area contributed by atoms with E-state index in [1.54, 1.807) is 0 Å². The largest absolute Gasteiger partial charge is 0.310 e. The molecule has 4 heteroatoms. The number of nitrogens with one attached hydrogen (secondary N) is 1. The summed E-state index contributed by atoms with van der Waals surface area (Å²) in [7, 11) is 0. The monoisotopic (exact) mass is 262 g/mol. The van der Waals surface area contributed by atoms with Crippen LogP contribution in [0.4, 0.5) is 0 Å². The maximum absolute atomic E-state index is 4.43. The molecule has 19 heavy (non-hydrogen) atoms. The molecule has 0 aromatic carbocycles. The van der Waals surface area contributed by atoms with Gasteiger partial charge in [-0.05, 0) is 44.8 Å². The van der Waals surface area contributed by atoms with E-state index >= 15 is 0 Å². The van der Waals surface area contributed by atoms with E-state index in [-0.39, 0.29) is 0 Å². The van der Waals surface area contributed by atoms with Gasteiger partial charge in [0.2, 0.25) is 0 Å². The SMILES string of the molecule is Cc1nccc(CNCC(C(C)C)N2CCCC2)n1. The van der Waals surface area contributed by atoms with Gasteiger partial charge >= 0.3 is 0 Å². The summed E-state index contributed by atoms with van der Waals surface area (Å²) in [5, 5.41) is 3.56. The van der Waals surface area contributed by atoms with Crippen molar-refractivity contribution < 1.29 is 0 Å². The Balaban J connectivity index is 1.82. The van der Waals surface area contributed by atoms with Crippen molar-refractivity contribution in [1.29, 1.82) is 0 Å². The first-order valence-corrected chi connectivity index (χ1v) is 7.40. The van der Waals surface area contributed by atoms with Gasteiger partial charge in [-0.25, -0.2) is 9.97 Å². The van der Waals surface area contributed by atoms with Gasteiger partial charge in [0, 0.05) is 25.3 Å². The lowest BCUT2D eigenvalue weighted by atomic mass is 10.0. The molecular weight excluding hydrogens is 236 g/mol. The summed E-state index contributed by atoms with van der Waals surface area (Å²) in [6.07, 6.45) is 4.54. The highest BCUT2D eigenvalue weighted by molar-refractivity contribution is 5.01. The molecule has 0 radical (unpaired) electrons. The molecule has 106 valence electrons. The Labute approximate surface area is 116 Å². The molecule has 2 rings (SSSR count). The maximum atomic E-state index is 4.43. The molecule has 0 aliphatic carbocycles. The first kappa shape index (κ1) is 14.4. The van der Waals surface area contributed by atoms with Crippen LogP contribution in [0.1, 0.15) is 38.2 Å². The van der Waals surface area contributed by atoms with Crippen LogP contribution in [0.5, 0.6) is 0 Å². The fourth-order valence-corrected chi connectivity index (χ4v) is 2.81. The molecule has 1 saturated heterocycles. The molecule has 0 bridgehead atoms. The van der Waals surface area contributed by atoms with Crippen LogP contribution in [0.2, 0.25) is 0 Å². The molecule has 1 atom stereocenters. The molecule has 2 heterocycles. The van der Waals surface area contributed by atoms with Crippen molar-refractivity contribution in [3.63, 3.8) is 0 Å². The normalized spacial score (nSPS) is 18.1. The predicted octanol–water partition coefficient (Wildman–Crippen LogP) is 2.00. The average Bonchev–Trinajstić information content (AvgIpc) is 2.88. The Morgan fingerprint density at radius 3 is 2.68 bits per heavy atom. The van der Waals surface area contributed by atoms with Gasteiger partial charge in [0.1, 0.15) is 5.82 Å². The van der Waals surface area contributed by atoms with E-state index < -0.39 is 0 Å². The van der Waals surface area contributed by atoms with Crippen molar-refractivity contribution in [3.05, 3.63) is 23.8 Å². The zero-order valence-electron chi connectivity index (χ0n) is 12.4. The lowest BCUT2D eigenvalue weighted by Crippen LogP contribution is -2.44. The van der Waals surface area contributed by atoms with Gasteiger partial charge in [-0.2, -0.15) is 0 Å². The van der Waals surface area contributed by atoms with Crippen molar-refractivity contribution in [2.75, 3.05) is 19.6 Å². The Hall–Kier alpha value is -1.00. The molecule has 1 N–H and O–H groups in total. The van der Waals surface area contributed by atoms with Crippen molar-refractivity contribution in [3.8, 4) is 0 Å². The number of hydrogen-bond acceptors (Lipinski definition) is 4. The second-order valence-corrected chi connectivity index (χ2v) is 5.78. The molecule has 0 spiro atoms. The Bertz CT molecular complexity index is 385. The van der Waals surface area contributed by atoms with E-state index in [1.807, 2.05) is 19.2 Å². The Morgan fingerprint density at radius 2 is 2.05 bits per heavy atom. The zero-order chi connectivity index (χ0) is 13.7. The molecule has 1 unspecified atom stereocenters. The third-order valence-corrected chi connectivity index (χ3v) is 3.87. The molecule has 4 nitrogen and oxygen atoms in total. The van der Waals surface area contributed by atoms with Gasteiger partial charge in [-0.1, -0.05) is 13.8 Å². The van der Waals surface area contributed by atoms with Crippen LogP contribution in [0, 0.1) is 12.8 Å². The number of aromatic nitrogens is 2. The van der Waals surface area contributed by atoms with Crippen molar-refractivity contribution in [2.45, 2.75) is 46.2 Å². The minimum atomic E-state index is 0.644. The van der Waals surface area contributed by atoms with Gasteiger partial charge in [-0.15, -0.1) is 0 Å². The third-order valence-electron chi connectivity index (χ3n) is 3.87. The van der Waals surface area contributed by atoms with Crippen LogP contribution in [0.25, 0.3) is 0 Å². The standard InChI is InChI=1S/C15H26N4/c1-12(2)15(19-8-4-5-9-19)11-16-10-14-6-7-17-13(3)18-14/h6-7,12,15-16H,4-5,8-11H2,1-3H3. The van der Waals surface area contributed by atoms with Crippen molar-refractivity contribution >= 4 is 0 Å². The molecule has 1 aromatic rings. The smallest absolute Gasteiger partial charge is 0.125 e. The van der Waals surface area contributed by atoms with Gasteiger partial charge < -0.3 is 5.32 Å². The summed E-state index contributed by atoms with van der Waals surface area (Å²) in [5.74, 6) is 1.54. The van der Waals surface area contributed by atoms with E-state index in [0.29, 0.717) is 12.0 Å². The second kappa shape index (κ2) is 6.96. The van der Waals surface area contributed by atoms with Crippen molar-refractivity contribution in [2.24, 2.45) is 5.92 Å². The number of aryl methyl sites for hydroxylation is 1. The van der Waals surface area contributed by atoms with Gasteiger partial charge in [0.25, 0.3) is 0 Å². The number of rotatable bonds is 6. The summed E-state index contributed by atoms with van der Waals surface area (Å²) in [5.41, 5.74) is 1.08.